The van der Waals surface area contributed by atoms with Crippen molar-refractivity contribution >= 4 is 21.8 Å². The molecule has 0 aromatic carbocycles. The molecule has 1 heterocycles. The molecule has 0 aromatic heterocycles. The Bertz CT molecular complexity index is 302. The van der Waals surface area contributed by atoms with Crippen molar-refractivity contribution < 1.29 is 9.53 Å². The first kappa shape index (κ1) is 15.3. The molecule has 4 nitrogen and oxygen atoms in total. The Kier molecular flexibility index (Phi) is 5.66. The number of carbonyl (C=O) groups excluding carboxylic acids is 1. The molecule has 1 aliphatic heterocycles. The van der Waals surface area contributed by atoms with Gasteiger partial charge in [-0.1, -0.05) is 15.9 Å². The number of carbonyl (C=O) groups is 1. The number of amides is 1. The lowest BCUT2D eigenvalue weighted by atomic mass is 9.77. The van der Waals surface area contributed by atoms with Crippen molar-refractivity contribution in [2.75, 3.05) is 45.2 Å². The third-order valence-electron chi connectivity index (χ3n) is 4.51. The smallest absolute Gasteiger partial charge is 0.225 e. The third kappa shape index (κ3) is 3.92. The quantitative estimate of drug-likeness (QED) is 0.720. The fourth-order valence-electron chi connectivity index (χ4n) is 2.98. The van der Waals surface area contributed by atoms with Gasteiger partial charge >= 0.3 is 0 Å². The second kappa shape index (κ2) is 7.04. The van der Waals surface area contributed by atoms with Crippen molar-refractivity contribution in [3.63, 3.8) is 0 Å². The van der Waals surface area contributed by atoms with E-state index in [4.69, 9.17) is 4.74 Å². The van der Waals surface area contributed by atoms with Crippen molar-refractivity contribution in [1.82, 2.24) is 9.80 Å². The van der Waals surface area contributed by atoms with Crippen LogP contribution in [-0.2, 0) is 9.53 Å². The van der Waals surface area contributed by atoms with E-state index in [0.29, 0.717) is 6.42 Å². The predicted molar refractivity (Wildman–Crippen MR) is 79.6 cm³/mol. The van der Waals surface area contributed by atoms with E-state index in [1.54, 1.807) is 7.11 Å². The largest absolute Gasteiger partial charge is 0.378 e. The summed E-state index contributed by atoms with van der Waals surface area (Å²) in [6, 6.07) is 0. The van der Waals surface area contributed by atoms with Crippen molar-refractivity contribution in [2.45, 2.75) is 37.7 Å². The first-order chi connectivity index (χ1) is 9.19. The number of halogens is 1. The Labute approximate surface area is 124 Å². The highest BCUT2D eigenvalue weighted by molar-refractivity contribution is 9.09. The summed E-state index contributed by atoms with van der Waals surface area (Å²) < 4.78 is 5.56. The minimum absolute atomic E-state index is 0.140. The third-order valence-corrected chi connectivity index (χ3v) is 4.87. The molecule has 1 aliphatic carbocycles. The van der Waals surface area contributed by atoms with Gasteiger partial charge in [-0.25, -0.2) is 0 Å². The Morgan fingerprint density at radius 2 is 2.00 bits per heavy atom. The molecule has 19 heavy (non-hydrogen) atoms. The van der Waals surface area contributed by atoms with Crippen LogP contribution >= 0.6 is 15.9 Å². The number of hydrogen-bond acceptors (Lipinski definition) is 3. The van der Waals surface area contributed by atoms with Crippen molar-refractivity contribution in [3.05, 3.63) is 0 Å². The number of rotatable bonds is 5. The molecule has 0 N–H and O–H groups in total. The summed E-state index contributed by atoms with van der Waals surface area (Å²) in [7, 11) is 1.74. The van der Waals surface area contributed by atoms with Gasteiger partial charge in [-0.05, 0) is 32.2 Å². The topological polar surface area (TPSA) is 32.8 Å². The van der Waals surface area contributed by atoms with Crippen LogP contribution in [0, 0.1) is 0 Å². The number of hydrogen-bond donors (Lipinski definition) is 0. The van der Waals surface area contributed by atoms with E-state index < -0.39 is 0 Å². The maximum absolute atomic E-state index is 12.4. The van der Waals surface area contributed by atoms with E-state index in [9.17, 15) is 4.79 Å². The van der Waals surface area contributed by atoms with Crippen LogP contribution in [0.15, 0.2) is 0 Å². The summed E-state index contributed by atoms with van der Waals surface area (Å²) in [6.45, 7) is 4.94. The van der Waals surface area contributed by atoms with Gasteiger partial charge < -0.3 is 14.5 Å². The molecule has 0 unspecified atom stereocenters. The van der Waals surface area contributed by atoms with Gasteiger partial charge in [0.25, 0.3) is 0 Å². The highest BCUT2D eigenvalue weighted by Crippen LogP contribution is 2.38. The zero-order valence-electron chi connectivity index (χ0n) is 11.9. The average molecular weight is 333 g/mol. The zero-order chi connectivity index (χ0) is 13.7. The number of alkyl halides is 1. The Morgan fingerprint density at radius 3 is 2.58 bits per heavy atom. The van der Waals surface area contributed by atoms with Gasteiger partial charge in [-0.15, -0.1) is 0 Å². The Morgan fingerprint density at radius 1 is 1.21 bits per heavy atom. The van der Waals surface area contributed by atoms with Crippen LogP contribution in [0.2, 0.25) is 0 Å². The van der Waals surface area contributed by atoms with E-state index in [1.807, 2.05) is 4.90 Å². The van der Waals surface area contributed by atoms with Gasteiger partial charge in [0.2, 0.25) is 5.91 Å². The van der Waals surface area contributed by atoms with Gasteiger partial charge in [0, 0.05) is 38.6 Å². The van der Waals surface area contributed by atoms with E-state index in [1.165, 1.54) is 6.42 Å². The summed E-state index contributed by atoms with van der Waals surface area (Å²) in [5, 5.41) is 1.01. The summed E-state index contributed by atoms with van der Waals surface area (Å²) in [4.78, 5) is 16.9. The molecule has 0 spiro atoms. The molecule has 1 saturated carbocycles. The molecular formula is C14H25BrN2O2. The molecule has 0 aromatic rings. The van der Waals surface area contributed by atoms with E-state index in [-0.39, 0.29) is 11.5 Å². The van der Waals surface area contributed by atoms with Gasteiger partial charge in [-0.2, -0.15) is 0 Å². The lowest BCUT2D eigenvalue weighted by molar-refractivity contribution is -0.144. The SMILES string of the molecule is COC1(CC(=O)N2CCCN(CCBr)CC2)CCC1. The van der Waals surface area contributed by atoms with Crippen LogP contribution in [0.4, 0.5) is 0 Å². The maximum Gasteiger partial charge on any atom is 0.225 e. The number of nitrogens with zero attached hydrogens (tertiary/aromatic N) is 2. The highest BCUT2D eigenvalue weighted by Gasteiger charge is 2.40. The lowest BCUT2D eigenvalue weighted by Gasteiger charge is -2.41. The predicted octanol–water partition coefficient (Wildman–Crippen LogP) is 1.87. The number of methoxy groups -OCH3 is 1. The first-order valence-electron chi connectivity index (χ1n) is 7.30. The second-order valence-corrected chi connectivity index (χ2v) is 6.48. The molecule has 5 heteroatoms. The second-order valence-electron chi connectivity index (χ2n) is 5.68. The van der Waals surface area contributed by atoms with Gasteiger partial charge in [-0.3, -0.25) is 4.79 Å². The average Bonchev–Trinajstić information content (AvgIpc) is 2.60. The molecule has 2 aliphatic rings. The molecule has 1 saturated heterocycles. The van der Waals surface area contributed by atoms with Gasteiger partial charge in [0.1, 0.15) is 0 Å². The van der Waals surface area contributed by atoms with Crippen LogP contribution in [0.3, 0.4) is 0 Å². The van der Waals surface area contributed by atoms with Gasteiger partial charge in [0.15, 0.2) is 0 Å². The minimum Gasteiger partial charge on any atom is -0.378 e. The zero-order valence-corrected chi connectivity index (χ0v) is 13.5. The fourth-order valence-corrected chi connectivity index (χ4v) is 3.48. The Balaban J connectivity index is 1.82. The molecule has 0 atom stereocenters. The summed E-state index contributed by atoms with van der Waals surface area (Å²) in [6.07, 6.45) is 4.93. The van der Waals surface area contributed by atoms with Crippen LogP contribution in [0.1, 0.15) is 32.1 Å². The molecule has 0 radical (unpaired) electrons. The van der Waals surface area contributed by atoms with E-state index in [2.05, 4.69) is 20.8 Å². The highest BCUT2D eigenvalue weighted by atomic mass is 79.9. The summed E-state index contributed by atoms with van der Waals surface area (Å²) in [5.41, 5.74) is -0.140. The van der Waals surface area contributed by atoms with Crippen LogP contribution in [-0.4, -0.2) is 66.5 Å². The van der Waals surface area contributed by atoms with Crippen LogP contribution in [0.25, 0.3) is 0 Å². The van der Waals surface area contributed by atoms with Crippen molar-refractivity contribution in [1.29, 1.82) is 0 Å². The minimum atomic E-state index is -0.140. The fraction of sp³-hybridized carbons (Fsp3) is 0.929. The molecule has 2 rings (SSSR count). The normalized spacial score (nSPS) is 23.8. The lowest BCUT2D eigenvalue weighted by Crippen LogP contribution is -2.46. The Hall–Kier alpha value is -0.130. The van der Waals surface area contributed by atoms with Crippen LogP contribution < -0.4 is 0 Å². The summed E-state index contributed by atoms with van der Waals surface area (Å²) in [5.74, 6) is 0.280. The first-order valence-corrected chi connectivity index (χ1v) is 8.42. The van der Waals surface area contributed by atoms with Crippen molar-refractivity contribution in [3.8, 4) is 0 Å². The maximum atomic E-state index is 12.4. The summed E-state index contributed by atoms with van der Waals surface area (Å²) >= 11 is 3.48. The molecule has 110 valence electrons. The standard InChI is InChI=1S/C14H25BrN2O2/c1-19-14(4-2-5-14)12-13(18)17-8-3-7-16(9-6-15)10-11-17/h2-12H2,1H3. The van der Waals surface area contributed by atoms with E-state index in [0.717, 1.165) is 57.3 Å². The van der Waals surface area contributed by atoms with E-state index >= 15 is 0 Å². The van der Waals surface area contributed by atoms with Crippen LogP contribution in [0.5, 0.6) is 0 Å². The molecular weight excluding hydrogens is 308 g/mol. The molecule has 0 bridgehead atoms. The van der Waals surface area contributed by atoms with Gasteiger partial charge in [0.05, 0.1) is 12.0 Å². The monoisotopic (exact) mass is 332 g/mol. The molecule has 2 fully saturated rings. The van der Waals surface area contributed by atoms with Crippen molar-refractivity contribution in [2.24, 2.45) is 0 Å². The molecule has 1 amide bonds. The number of ether oxygens (including phenoxy) is 1.